The summed E-state index contributed by atoms with van der Waals surface area (Å²) in [7, 11) is -3.14. The molecule has 0 aliphatic carbocycles. The van der Waals surface area contributed by atoms with E-state index in [2.05, 4.69) is 19.2 Å². The van der Waals surface area contributed by atoms with Gasteiger partial charge in [0.2, 0.25) is 10.0 Å². The maximum atomic E-state index is 11.7. The van der Waals surface area contributed by atoms with E-state index in [9.17, 15) is 8.42 Å². The van der Waals surface area contributed by atoms with E-state index in [0.29, 0.717) is 26.2 Å². The fourth-order valence-electron chi connectivity index (χ4n) is 2.99. The standard InChI is InChI=1S/C16H17N5O2S2/c1-25(22,23)21-9-7-20(8-10-21)16-15-14(17-11-18-16)13(19-24-15)12-5-3-2-4-6-12/h2-6,11H,7-10H2,1H3. The Kier molecular flexibility index (Phi) is 4.14. The average molecular weight is 375 g/mol. The zero-order valence-corrected chi connectivity index (χ0v) is 15.3. The van der Waals surface area contributed by atoms with Crippen molar-refractivity contribution >= 4 is 37.6 Å². The van der Waals surface area contributed by atoms with Gasteiger partial charge in [-0.05, 0) is 11.5 Å². The van der Waals surface area contributed by atoms with Gasteiger partial charge in [-0.25, -0.2) is 18.4 Å². The zero-order valence-electron chi connectivity index (χ0n) is 13.7. The van der Waals surface area contributed by atoms with Gasteiger partial charge in [-0.1, -0.05) is 30.3 Å². The molecule has 0 saturated carbocycles. The monoisotopic (exact) mass is 375 g/mol. The lowest BCUT2D eigenvalue weighted by atomic mass is 10.1. The topological polar surface area (TPSA) is 79.3 Å². The quantitative estimate of drug-likeness (QED) is 0.695. The van der Waals surface area contributed by atoms with Crippen LogP contribution >= 0.6 is 11.5 Å². The van der Waals surface area contributed by atoms with Gasteiger partial charge >= 0.3 is 0 Å². The van der Waals surface area contributed by atoms with Crippen LogP contribution in [0.4, 0.5) is 5.82 Å². The number of fused-ring (bicyclic) bond motifs is 1. The Labute approximate surface area is 150 Å². The van der Waals surface area contributed by atoms with Crippen molar-refractivity contribution in [2.24, 2.45) is 0 Å². The lowest BCUT2D eigenvalue weighted by Crippen LogP contribution is -2.48. The summed E-state index contributed by atoms with van der Waals surface area (Å²) < 4.78 is 30.4. The second kappa shape index (κ2) is 6.32. The molecular weight excluding hydrogens is 358 g/mol. The van der Waals surface area contributed by atoms with Gasteiger partial charge in [0, 0.05) is 31.7 Å². The highest BCUT2D eigenvalue weighted by molar-refractivity contribution is 7.88. The van der Waals surface area contributed by atoms with Crippen LogP contribution in [-0.2, 0) is 10.0 Å². The minimum Gasteiger partial charge on any atom is -0.353 e. The van der Waals surface area contributed by atoms with E-state index < -0.39 is 10.0 Å². The van der Waals surface area contributed by atoms with Gasteiger partial charge in [0.25, 0.3) is 0 Å². The Morgan fingerprint density at radius 3 is 2.44 bits per heavy atom. The third kappa shape index (κ3) is 3.10. The Morgan fingerprint density at radius 1 is 1.04 bits per heavy atom. The predicted molar refractivity (Wildman–Crippen MR) is 99.3 cm³/mol. The molecule has 1 aliphatic rings. The van der Waals surface area contributed by atoms with Crippen LogP contribution in [0, 0.1) is 0 Å². The first kappa shape index (κ1) is 16.4. The molecule has 130 valence electrons. The third-order valence-electron chi connectivity index (χ3n) is 4.29. The maximum Gasteiger partial charge on any atom is 0.211 e. The number of hydrogen-bond acceptors (Lipinski definition) is 7. The molecule has 0 bridgehead atoms. The van der Waals surface area contributed by atoms with Crippen molar-refractivity contribution < 1.29 is 8.42 Å². The number of anilines is 1. The molecule has 7 nitrogen and oxygen atoms in total. The van der Waals surface area contributed by atoms with Crippen molar-refractivity contribution in [2.75, 3.05) is 37.3 Å². The maximum absolute atomic E-state index is 11.7. The van der Waals surface area contributed by atoms with Crippen LogP contribution in [0.1, 0.15) is 0 Å². The molecule has 3 heterocycles. The van der Waals surface area contributed by atoms with E-state index in [1.807, 2.05) is 30.3 Å². The number of hydrogen-bond donors (Lipinski definition) is 0. The van der Waals surface area contributed by atoms with Crippen LogP contribution < -0.4 is 4.90 Å². The second-order valence-corrected chi connectivity index (χ2v) is 8.68. The highest BCUT2D eigenvalue weighted by Gasteiger charge is 2.26. The molecule has 1 saturated heterocycles. The van der Waals surface area contributed by atoms with Gasteiger partial charge < -0.3 is 4.90 Å². The Balaban J connectivity index is 1.67. The molecule has 3 aromatic rings. The molecule has 0 unspecified atom stereocenters. The van der Waals surface area contributed by atoms with Gasteiger partial charge in [-0.15, -0.1) is 0 Å². The number of sulfonamides is 1. The fourth-order valence-corrected chi connectivity index (χ4v) is 4.69. The van der Waals surface area contributed by atoms with E-state index in [1.165, 1.54) is 22.1 Å². The largest absolute Gasteiger partial charge is 0.353 e. The van der Waals surface area contributed by atoms with Crippen LogP contribution in [0.5, 0.6) is 0 Å². The molecule has 0 N–H and O–H groups in total. The SMILES string of the molecule is CS(=O)(=O)N1CCN(c2ncnc3c(-c4ccccc4)nsc23)CC1. The number of aromatic nitrogens is 3. The van der Waals surface area contributed by atoms with E-state index in [4.69, 9.17) is 0 Å². The molecule has 1 fully saturated rings. The van der Waals surface area contributed by atoms with Crippen LogP contribution in [0.15, 0.2) is 36.7 Å². The summed E-state index contributed by atoms with van der Waals surface area (Å²) in [5.74, 6) is 0.831. The number of benzene rings is 1. The summed E-state index contributed by atoms with van der Waals surface area (Å²) in [6, 6.07) is 9.96. The van der Waals surface area contributed by atoms with Gasteiger partial charge in [0.05, 0.1) is 6.26 Å². The van der Waals surface area contributed by atoms with Gasteiger partial charge in [-0.2, -0.15) is 8.68 Å². The second-order valence-electron chi connectivity index (χ2n) is 5.92. The van der Waals surface area contributed by atoms with E-state index in [1.54, 1.807) is 6.33 Å². The summed E-state index contributed by atoms with van der Waals surface area (Å²) in [5.41, 5.74) is 2.73. The summed E-state index contributed by atoms with van der Waals surface area (Å²) >= 11 is 1.39. The Hall–Kier alpha value is -2.10. The fraction of sp³-hybridized carbons (Fsp3) is 0.312. The van der Waals surface area contributed by atoms with Crippen LogP contribution in [0.25, 0.3) is 21.5 Å². The molecule has 2 aromatic heterocycles. The van der Waals surface area contributed by atoms with Crippen molar-refractivity contribution in [1.29, 1.82) is 0 Å². The van der Waals surface area contributed by atoms with Crippen LogP contribution in [0.2, 0.25) is 0 Å². The Morgan fingerprint density at radius 2 is 1.76 bits per heavy atom. The van der Waals surface area contributed by atoms with Gasteiger partial charge in [-0.3, -0.25) is 0 Å². The lowest BCUT2D eigenvalue weighted by Gasteiger charge is -2.33. The van der Waals surface area contributed by atoms with Crippen LogP contribution in [0.3, 0.4) is 0 Å². The molecule has 0 spiro atoms. The molecule has 1 aromatic carbocycles. The van der Waals surface area contributed by atoms with Crippen LogP contribution in [-0.4, -0.2) is 59.5 Å². The predicted octanol–water partition coefficient (Wildman–Crippen LogP) is 1.83. The normalized spacial score (nSPS) is 16.4. The number of piperazine rings is 1. The van der Waals surface area contributed by atoms with Crippen molar-refractivity contribution in [2.45, 2.75) is 0 Å². The van der Waals surface area contributed by atoms with Crippen molar-refractivity contribution in [3.8, 4) is 11.3 Å². The minimum absolute atomic E-state index is 0.467. The molecule has 9 heteroatoms. The Bertz CT molecular complexity index is 996. The smallest absolute Gasteiger partial charge is 0.211 e. The first-order chi connectivity index (χ1) is 12.0. The minimum atomic E-state index is -3.14. The van der Waals surface area contributed by atoms with Gasteiger partial charge in [0.15, 0.2) is 5.82 Å². The molecule has 0 radical (unpaired) electrons. The highest BCUT2D eigenvalue weighted by Crippen LogP contribution is 2.34. The van der Waals surface area contributed by atoms with Crippen molar-refractivity contribution in [3.63, 3.8) is 0 Å². The van der Waals surface area contributed by atoms with E-state index >= 15 is 0 Å². The average Bonchev–Trinajstić information content (AvgIpc) is 3.06. The molecule has 1 aliphatic heterocycles. The number of nitrogens with zero attached hydrogens (tertiary/aromatic N) is 5. The summed E-state index contributed by atoms with van der Waals surface area (Å²) in [4.78, 5) is 11.0. The van der Waals surface area contributed by atoms with Crippen molar-refractivity contribution in [1.82, 2.24) is 18.6 Å². The summed E-state index contributed by atoms with van der Waals surface area (Å²) in [6.07, 6.45) is 2.81. The molecule has 25 heavy (non-hydrogen) atoms. The molecule has 0 amide bonds. The zero-order chi connectivity index (χ0) is 17.4. The van der Waals surface area contributed by atoms with E-state index in [-0.39, 0.29) is 0 Å². The highest BCUT2D eigenvalue weighted by atomic mass is 32.2. The first-order valence-corrected chi connectivity index (χ1v) is 10.5. The molecule has 4 rings (SSSR count). The van der Waals surface area contributed by atoms with Crippen molar-refractivity contribution in [3.05, 3.63) is 36.7 Å². The molecular formula is C16H17N5O2S2. The first-order valence-electron chi connectivity index (χ1n) is 7.90. The van der Waals surface area contributed by atoms with E-state index in [0.717, 1.165) is 27.3 Å². The number of rotatable bonds is 3. The molecule has 0 atom stereocenters. The third-order valence-corrected chi connectivity index (χ3v) is 6.43. The summed E-state index contributed by atoms with van der Waals surface area (Å²) in [5, 5.41) is 0. The van der Waals surface area contributed by atoms with Gasteiger partial charge in [0.1, 0.15) is 22.2 Å². The summed E-state index contributed by atoms with van der Waals surface area (Å²) in [6.45, 7) is 2.15. The lowest BCUT2D eigenvalue weighted by molar-refractivity contribution is 0.387.